The lowest BCUT2D eigenvalue weighted by Crippen LogP contribution is -2.35. The van der Waals surface area contributed by atoms with Crippen LogP contribution in [-0.2, 0) is 9.53 Å². The molecule has 0 radical (unpaired) electrons. The number of hydrogen-bond acceptors (Lipinski definition) is 3. The van der Waals surface area contributed by atoms with Crippen molar-refractivity contribution >= 4 is 5.91 Å². The van der Waals surface area contributed by atoms with Crippen LogP contribution in [0.4, 0.5) is 0 Å². The molecule has 13 heavy (non-hydrogen) atoms. The second-order valence-electron chi connectivity index (χ2n) is 3.43. The fourth-order valence-corrected chi connectivity index (χ4v) is 1.30. The Hall–Kier alpha value is -0.610. The number of carbonyl (C=O) groups is 1. The summed E-state index contributed by atoms with van der Waals surface area (Å²) in [6.45, 7) is 2.92. The van der Waals surface area contributed by atoms with E-state index in [-0.39, 0.29) is 18.1 Å². The van der Waals surface area contributed by atoms with Crippen molar-refractivity contribution in [1.82, 2.24) is 5.32 Å². The molecule has 2 atom stereocenters. The highest BCUT2D eigenvalue weighted by Crippen LogP contribution is 2.11. The zero-order chi connectivity index (χ0) is 9.68. The largest absolute Gasteiger partial charge is 0.393 e. The molecular formula is C9H17NO3. The molecule has 76 valence electrons. The lowest BCUT2D eigenvalue weighted by atomic mass is 10.2. The van der Waals surface area contributed by atoms with Crippen LogP contribution in [-0.4, -0.2) is 36.4 Å². The fraction of sp³-hybridized carbons (Fsp3) is 0.889. The van der Waals surface area contributed by atoms with Crippen molar-refractivity contribution in [1.29, 1.82) is 0 Å². The first kappa shape index (κ1) is 10.5. The monoisotopic (exact) mass is 187 g/mol. The zero-order valence-electron chi connectivity index (χ0n) is 7.95. The summed E-state index contributed by atoms with van der Waals surface area (Å²) >= 11 is 0. The molecule has 0 spiro atoms. The molecule has 0 aromatic rings. The third-order valence-electron chi connectivity index (χ3n) is 2.08. The van der Waals surface area contributed by atoms with Crippen LogP contribution in [0.2, 0.25) is 0 Å². The molecule has 1 amide bonds. The van der Waals surface area contributed by atoms with Crippen molar-refractivity contribution < 1.29 is 14.6 Å². The van der Waals surface area contributed by atoms with E-state index >= 15 is 0 Å². The smallest absolute Gasteiger partial charge is 0.249 e. The van der Waals surface area contributed by atoms with Gasteiger partial charge in [0, 0.05) is 13.2 Å². The average molecular weight is 187 g/mol. The van der Waals surface area contributed by atoms with Gasteiger partial charge in [0.25, 0.3) is 0 Å². The average Bonchev–Trinajstić information content (AvgIpc) is 2.55. The second kappa shape index (κ2) is 5.19. The van der Waals surface area contributed by atoms with Gasteiger partial charge in [-0.1, -0.05) is 0 Å². The Labute approximate surface area is 78.3 Å². The maximum atomic E-state index is 11.3. The molecule has 0 aromatic heterocycles. The van der Waals surface area contributed by atoms with E-state index in [9.17, 15) is 4.79 Å². The molecule has 1 heterocycles. The molecule has 1 fully saturated rings. The predicted octanol–water partition coefficient (Wildman–Crippen LogP) is 0.0525. The first-order valence-electron chi connectivity index (χ1n) is 4.77. The Morgan fingerprint density at radius 2 is 2.54 bits per heavy atom. The molecule has 1 aliphatic rings. The summed E-state index contributed by atoms with van der Waals surface area (Å²) in [5.74, 6) is -0.0434. The van der Waals surface area contributed by atoms with E-state index in [0.717, 1.165) is 12.8 Å². The second-order valence-corrected chi connectivity index (χ2v) is 3.43. The van der Waals surface area contributed by atoms with Crippen LogP contribution < -0.4 is 5.32 Å². The summed E-state index contributed by atoms with van der Waals surface area (Å²) in [5.41, 5.74) is 0. The lowest BCUT2D eigenvalue weighted by Gasteiger charge is -2.10. The molecule has 4 nitrogen and oxygen atoms in total. The summed E-state index contributed by atoms with van der Waals surface area (Å²) in [6, 6.07) is 0. The first-order valence-corrected chi connectivity index (χ1v) is 4.77. The number of carbonyl (C=O) groups excluding carboxylic acids is 1. The van der Waals surface area contributed by atoms with Crippen LogP contribution in [0, 0.1) is 0 Å². The summed E-state index contributed by atoms with van der Waals surface area (Å²) in [6.07, 6.45) is 1.77. The summed E-state index contributed by atoms with van der Waals surface area (Å²) in [7, 11) is 0. The topological polar surface area (TPSA) is 58.6 Å². The molecule has 0 bridgehead atoms. The Morgan fingerprint density at radius 3 is 3.08 bits per heavy atom. The lowest BCUT2D eigenvalue weighted by molar-refractivity contribution is -0.130. The Bertz CT molecular complexity index is 164. The van der Waals surface area contributed by atoms with Gasteiger partial charge in [0.05, 0.1) is 6.10 Å². The van der Waals surface area contributed by atoms with Gasteiger partial charge < -0.3 is 15.2 Å². The zero-order valence-corrected chi connectivity index (χ0v) is 7.95. The maximum Gasteiger partial charge on any atom is 0.249 e. The molecule has 1 saturated heterocycles. The molecule has 0 aliphatic carbocycles. The van der Waals surface area contributed by atoms with E-state index in [0.29, 0.717) is 19.6 Å². The van der Waals surface area contributed by atoms with Gasteiger partial charge in [0.15, 0.2) is 0 Å². The number of aliphatic hydroxyl groups excluding tert-OH is 1. The number of nitrogens with one attached hydrogen (secondary N) is 1. The molecule has 1 unspecified atom stereocenters. The minimum atomic E-state index is -0.357. The molecular weight excluding hydrogens is 170 g/mol. The number of hydrogen-bond donors (Lipinski definition) is 2. The molecule has 0 aromatic carbocycles. The molecule has 4 heteroatoms. The molecule has 1 rings (SSSR count). The minimum absolute atomic E-state index is 0.0434. The van der Waals surface area contributed by atoms with Gasteiger partial charge in [-0.3, -0.25) is 4.79 Å². The van der Waals surface area contributed by atoms with Gasteiger partial charge in [-0.2, -0.15) is 0 Å². The first-order chi connectivity index (χ1) is 6.20. The molecule has 1 aliphatic heterocycles. The highest BCUT2D eigenvalue weighted by atomic mass is 16.5. The SMILES string of the molecule is CC(O)CCNC(=O)[C@@H]1CCCO1. The van der Waals surface area contributed by atoms with E-state index < -0.39 is 0 Å². The predicted molar refractivity (Wildman–Crippen MR) is 48.3 cm³/mol. The van der Waals surface area contributed by atoms with Crippen molar-refractivity contribution in [3.8, 4) is 0 Å². The third-order valence-corrected chi connectivity index (χ3v) is 2.08. The minimum Gasteiger partial charge on any atom is -0.393 e. The highest BCUT2D eigenvalue weighted by Gasteiger charge is 2.22. The highest BCUT2D eigenvalue weighted by molar-refractivity contribution is 5.80. The maximum absolute atomic E-state index is 11.3. The van der Waals surface area contributed by atoms with Crippen LogP contribution in [0.3, 0.4) is 0 Å². The Morgan fingerprint density at radius 1 is 1.77 bits per heavy atom. The summed E-state index contributed by atoms with van der Waals surface area (Å²) < 4.78 is 5.20. The van der Waals surface area contributed by atoms with E-state index in [1.54, 1.807) is 6.92 Å². The van der Waals surface area contributed by atoms with E-state index in [2.05, 4.69) is 5.32 Å². The number of amides is 1. The summed E-state index contributed by atoms with van der Waals surface area (Å²) in [5, 5.41) is 11.7. The van der Waals surface area contributed by atoms with Crippen LogP contribution in [0.25, 0.3) is 0 Å². The van der Waals surface area contributed by atoms with Crippen LogP contribution >= 0.6 is 0 Å². The third kappa shape index (κ3) is 3.74. The van der Waals surface area contributed by atoms with Crippen LogP contribution in [0.5, 0.6) is 0 Å². The van der Waals surface area contributed by atoms with Gasteiger partial charge in [0.1, 0.15) is 6.10 Å². The summed E-state index contributed by atoms with van der Waals surface area (Å²) in [4.78, 5) is 11.3. The quantitative estimate of drug-likeness (QED) is 0.654. The van der Waals surface area contributed by atoms with E-state index in [4.69, 9.17) is 9.84 Å². The Balaban J connectivity index is 2.10. The fourth-order valence-electron chi connectivity index (χ4n) is 1.30. The van der Waals surface area contributed by atoms with Crippen molar-refractivity contribution in [2.24, 2.45) is 0 Å². The van der Waals surface area contributed by atoms with Crippen LogP contribution in [0.1, 0.15) is 26.2 Å². The van der Waals surface area contributed by atoms with Crippen molar-refractivity contribution in [2.75, 3.05) is 13.2 Å². The van der Waals surface area contributed by atoms with Crippen LogP contribution in [0.15, 0.2) is 0 Å². The number of aliphatic hydroxyl groups is 1. The van der Waals surface area contributed by atoms with Crippen molar-refractivity contribution in [2.45, 2.75) is 38.4 Å². The van der Waals surface area contributed by atoms with Gasteiger partial charge in [0.2, 0.25) is 5.91 Å². The van der Waals surface area contributed by atoms with Gasteiger partial charge in [-0.05, 0) is 26.2 Å². The van der Waals surface area contributed by atoms with E-state index in [1.165, 1.54) is 0 Å². The molecule has 2 N–H and O–H groups in total. The number of rotatable bonds is 4. The Kier molecular flexibility index (Phi) is 4.18. The van der Waals surface area contributed by atoms with E-state index in [1.807, 2.05) is 0 Å². The normalized spacial score (nSPS) is 24.3. The van der Waals surface area contributed by atoms with Gasteiger partial charge >= 0.3 is 0 Å². The number of ether oxygens (including phenoxy) is 1. The standard InChI is InChI=1S/C9H17NO3/c1-7(11)4-5-10-9(12)8-3-2-6-13-8/h7-8,11H,2-6H2,1H3,(H,10,12)/t7?,8-/m0/s1. The van der Waals surface area contributed by atoms with Gasteiger partial charge in [-0.25, -0.2) is 0 Å². The van der Waals surface area contributed by atoms with Crippen molar-refractivity contribution in [3.63, 3.8) is 0 Å². The van der Waals surface area contributed by atoms with Gasteiger partial charge in [-0.15, -0.1) is 0 Å². The molecule has 0 saturated carbocycles. The van der Waals surface area contributed by atoms with Crippen molar-refractivity contribution in [3.05, 3.63) is 0 Å².